The summed E-state index contributed by atoms with van der Waals surface area (Å²) in [5, 5.41) is 10.1. The summed E-state index contributed by atoms with van der Waals surface area (Å²) >= 11 is 0. The number of quaternary nitrogens is 2. The molecule has 0 radical (unpaired) electrons. The van der Waals surface area contributed by atoms with Gasteiger partial charge in [-0.25, -0.2) is 0 Å². The van der Waals surface area contributed by atoms with E-state index < -0.39 is 6.10 Å². The van der Waals surface area contributed by atoms with Gasteiger partial charge in [0.2, 0.25) is 0 Å². The van der Waals surface area contributed by atoms with Gasteiger partial charge in [0.05, 0.1) is 7.05 Å². The number of nitrogens with one attached hydrogen (secondary N) is 2. The van der Waals surface area contributed by atoms with Gasteiger partial charge in [-0.05, 0) is 24.3 Å². The van der Waals surface area contributed by atoms with Gasteiger partial charge in [0.15, 0.2) is 5.78 Å². The van der Waals surface area contributed by atoms with Crippen molar-refractivity contribution in [1.29, 1.82) is 0 Å². The Morgan fingerprint density at radius 1 is 1.23 bits per heavy atom. The number of benzene rings is 1. The zero-order valence-corrected chi connectivity index (χ0v) is 13.6. The lowest BCUT2D eigenvalue weighted by atomic mass is 10.1. The Hall–Kier alpha value is -1.43. The van der Waals surface area contributed by atoms with Crippen molar-refractivity contribution in [3.05, 3.63) is 29.8 Å². The van der Waals surface area contributed by atoms with E-state index >= 15 is 0 Å². The Kier molecular flexibility index (Phi) is 6.36. The minimum Gasteiger partial charge on any atom is -0.491 e. The predicted molar refractivity (Wildman–Crippen MR) is 84.7 cm³/mol. The molecule has 3 N–H and O–H groups in total. The molecule has 1 fully saturated rings. The quantitative estimate of drug-likeness (QED) is 0.534. The summed E-state index contributed by atoms with van der Waals surface area (Å²) < 4.78 is 5.62. The zero-order chi connectivity index (χ0) is 15.9. The van der Waals surface area contributed by atoms with Crippen LogP contribution in [0.25, 0.3) is 0 Å². The molecule has 1 heterocycles. The molecule has 0 spiro atoms. The first-order valence-electron chi connectivity index (χ1n) is 8.17. The fourth-order valence-electron chi connectivity index (χ4n) is 2.76. The summed E-state index contributed by atoms with van der Waals surface area (Å²) in [6, 6.07) is 7.15. The maximum absolute atomic E-state index is 11.5. The number of piperazine rings is 1. The first-order chi connectivity index (χ1) is 10.6. The summed E-state index contributed by atoms with van der Waals surface area (Å²) in [6.45, 7) is 7.43. The van der Waals surface area contributed by atoms with E-state index in [0.717, 1.165) is 32.7 Å². The Morgan fingerprint density at radius 3 is 2.45 bits per heavy atom. The first-order valence-corrected chi connectivity index (χ1v) is 8.17. The van der Waals surface area contributed by atoms with Gasteiger partial charge in [0, 0.05) is 12.0 Å². The van der Waals surface area contributed by atoms with Crippen molar-refractivity contribution >= 4 is 5.78 Å². The van der Waals surface area contributed by atoms with E-state index in [9.17, 15) is 9.90 Å². The van der Waals surface area contributed by atoms with Crippen LogP contribution in [-0.2, 0) is 0 Å². The van der Waals surface area contributed by atoms with Gasteiger partial charge in [-0.1, -0.05) is 6.92 Å². The number of carbonyl (C=O) groups excluding carboxylic acids is 1. The molecule has 5 heteroatoms. The number of likely N-dealkylation sites (N-methyl/N-ethyl adjacent to an activating group) is 1. The maximum Gasteiger partial charge on any atom is 0.162 e. The summed E-state index contributed by atoms with van der Waals surface area (Å²) in [7, 11) is 2.21. The normalized spacial score (nSPS) is 23.0. The second-order valence-electron chi connectivity index (χ2n) is 6.18. The number of Topliss-reactive ketones (excluding diaryl/α,β-unsaturated/α-hetero) is 1. The van der Waals surface area contributed by atoms with Gasteiger partial charge in [-0.3, -0.25) is 4.79 Å². The summed E-state index contributed by atoms with van der Waals surface area (Å²) in [6.07, 6.45) is 0.0550. The molecule has 0 amide bonds. The average molecular weight is 308 g/mol. The topological polar surface area (TPSA) is 55.4 Å². The van der Waals surface area contributed by atoms with E-state index in [0.29, 0.717) is 24.3 Å². The average Bonchev–Trinajstić information content (AvgIpc) is 2.55. The Bertz CT molecular complexity index is 467. The van der Waals surface area contributed by atoms with Crippen LogP contribution in [0, 0.1) is 0 Å². The van der Waals surface area contributed by atoms with Crippen molar-refractivity contribution in [3.8, 4) is 5.75 Å². The molecule has 0 aliphatic carbocycles. The second kappa shape index (κ2) is 8.27. The highest BCUT2D eigenvalue weighted by Gasteiger charge is 2.22. The lowest BCUT2D eigenvalue weighted by molar-refractivity contribution is -1.00. The molecule has 1 saturated heterocycles. The SMILES string of the molecule is CCC(=O)c1ccc(OC[C@@H](O)C[NH+]2CC[NH+](C)CC2)cc1. The van der Waals surface area contributed by atoms with Gasteiger partial charge in [-0.2, -0.15) is 0 Å². The number of ketones is 1. The number of carbonyl (C=O) groups is 1. The third-order valence-corrected chi connectivity index (χ3v) is 4.27. The van der Waals surface area contributed by atoms with Crippen molar-refractivity contribution in [2.24, 2.45) is 0 Å². The third-order valence-electron chi connectivity index (χ3n) is 4.27. The van der Waals surface area contributed by atoms with Crippen molar-refractivity contribution in [3.63, 3.8) is 0 Å². The number of hydrogen-bond donors (Lipinski definition) is 3. The molecule has 5 nitrogen and oxygen atoms in total. The van der Waals surface area contributed by atoms with E-state index in [4.69, 9.17) is 4.74 Å². The van der Waals surface area contributed by atoms with Crippen LogP contribution >= 0.6 is 0 Å². The molecule has 1 aromatic carbocycles. The van der Waals surface area contributed by atoms with Gasteiger partial charge in [0.1, 0.15) is 51.2 Å². The molecule has 22 heavy (non-hydrogen) atoms. The lowest BCUT2D eigenvalue weighted by Gasteiger charge is -2.28. The van der Waals surface area contributed by atoms with Crippen LogP contribution in [0.15, 0.2) is 24.3 Å². The van der Waals surface area contributed by atoms with Crippen LogP contribution in [0.5, 0.6) is 5.75 Å². The van der Waals surface area contributed by atoms with Crippen LogP contribution < -0.4 is 14.5 Å². The van der Waals surface area contributed by atoms with Gasteiger partial charge >= 0.3 is 0 Å². The number of rotatable bonds is 7. The van der Waals surface area contributed by atoms with Crippen molar-refractivity contribution < 1.29 is 24.4 Å². The highest BCUT2D eigenvalue weighted by Crippen LogP contribution is 2.13. The van der Waals surface area contributed by atoms with Gasteiger partial charge in [-0.15, -0.1) is 0 Å². The van der Waals surface area contributed by atoms with E-state index in [2.05, 4.69) is 7.05 Å². The highest BCUT2D eigenvalue weighted by molar-refractivity contribution is 5.95. The number of hydrogen-bond acceptors (Lipinski definition) is 3. The Morgan fingerprint density at radius 2 is 1.86 bits per heavy atom. The Balaban J connectivity index is 1.74. The number of aliphatic hydroxyl groups excluding tert-OH is 1. The van der Waals surface area contributed by atoms with Crippen LogP contribution in [-0.4, -0.2) is 63.4 Å². The minimum atomic E-state index is -0.453. The number of aliphatic hydroxyl groups is 1. The molecule has 2 rings (SSSR count). The largest absolute Gasteiger partial charge is 0.491 e. The van der Waals surface area contributed by atoms with Crippen LogP contribution in [0.3, 0.4) is 0 Å². The van der Waals surface area contributed by atoms with E-state index in [1.165, 1.54) is 4.90 Å². The lowest BCUT2D eigenvalue weighted by Crippen LogP contribution is -3.27. The zero-order valence-electron chi connectivity index (χ0n) is 13.6. The molecular weight excluding hydrogens is 280 g/mol. The minimum absolute atomic E-state index is 0.132. The molecule has 1 aromatic rings. The number of ether oxygens (including phenoxy) is 1. The van der Waals surface area contributed by atoms with Gasteiger partial charge < -0.3 is 19.6 Å². The predicted octanol–water partition coefficient (Wildman–Crippen LogP) is -1.57. The molecule has 1 aliphatic heterocycles. The fraction of sp³-hybridized carbons (Fsp3) is 0.588. The monoisotopic (exact) mass is 308 g/mol. The molecule has 122 valence electrons. The van der Waals surface area contributed by atoms with Crippen LogP contribution in [0.2, 0.25) is 0 Å². The molecule has 0 aromatic heterocycles. The van der Waals surface area contributed by atoms with Crippen LogP contribution in [0.4, 0.5) is 0 Å². The second-order valence-corrected chi connectivity index (χ2v) is 6.18. The Labute approximate surface area is 132 Å². The van der Waals surface area contributed by atoms with Crippen molar-refractivity contribution in [2.75, 3.05) is 46.4 Å². The molecule has 0 unspecified atom stereocenters. The fourth-order valence-corrected chi connectivity index (χ4v) is 2.76. The standard InChI is InChI=1S/C17H26N2O3/c1-3-17(21)14-4-6-16(7-5-14)22-13-15(20)12-19-10-8-18(2)9-11-19/h4-7,15,20H,3,8-13H2,1-2H3/p+2/t15-/m0/s1. The smallest absolute Gasteiger partial charge is 0.162 e. The van der Waals surface area contributed by atoms with E-state index in [1.54, 1.807) is 29.2 Å². The highest BCUT2D eigenvalue weighted by atomic mass is 16.5. The van der Waals surface area contributed by atoms with Crippen molar-refractivity contribution in [1.82, 2.24) is 0 Å². The van der Waals surface area contributed by atoms with E-state index in [-0.39, 0.29) is 5.78 Å². The molecule has 1 aliphatic rings. The van der Waals surface area contributed by atoms with Gasteiger partial charge in [0.25, 0.3) is 0 Å². The van der Waals surface area contributed by atoms with Crippen molar-refractivity contribution in [2.45, 2.75) is 19.4 Å². The molecule has 1 atom stereocenters. The first kappa shape index (κ1) is 16.9. The summed E-state index contributed by atoms with van der Waals surface area (Å²) in [4.78, 5) is 14.6. The van der Waals surface area contributed by atoms with E-state index in [1.807, 2.05) is 6.92 Å². The maximum atomic E-state index is 11.5. The third kappa shape index (κ3) is 5.09. The van der Waals surface area contributed by atoms with Crippen LogP contribution in [0.1, 0.15) is 23.7 Å². The molecular formula is C17H28N2O3+2. The summed E-state index contributed by atoms with van der Waals surface area (Å²) in [5.41, 5.74) is 0.708. The molecule has 0 saturated carbocycles. The molecule has 0 bridgehead atoms. The summed E-state index contributed by atoms with van der Waals surface area (Å²) in [5.74, 6) is 0.830.